The molecule has 5 aliphatic rings. The lowest BCUT2D eigenvalue weighted by atomic mass is 9.53. The largest absolute Gasteiger partial charge is 0.392 e. The molecule has 0 radical (unpaired) electrons. The third kappa shape index (κ3) is 0.564. The number of hydrogen-bond acceptors (Lipinski definition) is 4. The van der Waals surface area contributed by atoms with Crippen LogP contribution in [0.1, 0.15) is 19.3 Å². The van der Waals surface area contributed by atoms with Crippen LogP contribution >= 0.6 is 0 Å². The normalized spacial score (nSPS) is 60.9. The van der Waals surface area contributed by atoms with E-state index in [1.54, 1.807) is 0 Å². The first-order valence-corrected chi connectivity index (χ1v) is 6.33. The zero-order valence-corrected chi connectivity index (χ0v) is 9.22. The molecule has 0 aromatic rings. The van der Waals surface area contributed by atoms with Crippen LogP contribution < -0.4 is 0 Å². The van der Waals surface area contributed by atoms with Crippen LogP contribution in [0.3, 0.4) is 0 Å². The van der Waals surface area contributed by atoms with E-state index in [9.17, 15) is 9.59 Å². The van der Waals surface area contributed by atoms with Gasteiger partial charge in [0.15, 0.2) is 0 Å². The Morgan fingerprint density at radius 3 is 2.06 bits per heavy atom. The number of fused-ring (bicyclic) bond motifs is 4. The van der Waals surface area contributed by atoms with Crippen molar-refractivity contribution in [2.45, 2.75) is 31.5 Å². The first kappa shape index (κ1) is 8.86. The molecule has 2 aliphatic carbocycles. The van der Waals surface area contributed by atoms with Crippen LogP contribution in [-0.4, -0.2) is 24.1 Å². The van der Waals surface area contributed by atoms with Crippen molar-refractivity contribution >= 4 is 11.9 Å². The van der Waals surface area contributed by atoms with Crippen molar-refractivity contribution in [1.82, 2.24) is 0 Å². The summed E-state index contributed by atoms with van der Waals surface area (Å²) in [5.74, 6) is -0.0594. The molecule has 6 unspecified atom stereocenters. The van der Waals surface area contributed by atoms with Gasteiger partial charge >= 0.3 is 11.9 Å². The van der Waals surface area contributed by atoms with E-state index in [2.05, 4.69) is 0 Å². The number of carbonyl (C=O) groups is 2. The van der Waals surface area contributed by atoms with E-state index in [0.717, 1.165) is 19.3 Å². The van der Waals surface area contributed by atoms with Gasteiger partial charge in [0.1, 0.15) is 10.8 Å². The van der Waals surface area contributed by atoms with Crippen LogP contribution in [-0.2, 0) is 19.1 Å². The molecule has 3 heterocycles. The molecule has 2 saturated carbocycles. The van der Waals surface area contributed by atoms with Crippen molar-refractivity contribution < 1.29 is 19.1 Å². The molecule has 5 rings (SSSR count). The van der Waals surface area contributed by atoms with Crippen LogP contribution in [0.4, 0.5) is 0 Å². The molecule has 4 nitrogen and oxygen atoms in total. The topological polar surface area (TPSA) is 52.6 Å². The highest BCUT2D eigenvalue weighted by Crippen LogP contribution is 2.77. The highest BCUT2D eigenvalue weighted by atomic mass is 16.6. The van der Waals surface area contributed by atoms with Gasteiger partial charge in [-0.25, -0.2) is 0 Å². The average Bonchev–Trinajstić information content (AvgIpc) is 3.04. The van der Waals surface area contributed by atoms with Crippen molar-refractivity contribution in [3.8, 4) is 0 Å². The fourth-order valence-corrected chi connectivity index (χ4v) is 5.54. The van der Waals surface area contributed by atoms with E-state index in [1.807, 2.05) is 12.2 Å². The molecule has 3 aliphatic heterocycles. The van der Waals surface area contributed by atoms with E-state index in [0.29, 0.717) is 0 Å². The quantitative estimate of drug-likeness (QED) is 0.352. The van der Waals surface area contributed by atoms with Crippen molar-refractivity contribution in [3.63, 3.8) is 0 Å². The summed E-state index contributed by atoms with van der Waals surface area (Å²) in [6, 6.07) is 0. The standard InChI is InChI=1S/C13H12O4/c14-10-12-6-1-2-7(5-6)13(12,11(15)17-10)9-4-3-8(12)16-9/h3-4,6-9H,1-2,5H2. The van der Waals surface area contributed by atoms with Crippen LogP contribution in [0.25, 0.3) is 0 Å². The summed E-state index contributed by atoms with van der Waals surface area (Å²) in [7, 11) is 0. The molecule has 0 N–H and O–H groups in total. The lowest BCUT2D eigenvalue weighted by Crippen LogP contribution is -2.54. The van der Waals surface area contributed by atoms with Gasteiger partial charge in [-0.3, -0.25) is 9.59 Å². The summed E-state index contributed by atoms with van der Waals surface area (Å²) in [5.41, 5.74) is -1.32. The maximum absolute atomic E-state index is 12.3. The molecule has 88 valence electrons. The molecule has 0 spiro atoms. The maximum Gasteiger partial charge on any atom is 0.324 e. The Hall–Kier alpha value is -1.16. The summed E-state index contributed by atoms with van der Waals surface area (Å²) in [6.45, 7) is 0. The Bertz CT molecular complexity index is 468. The molecule has 0 aromatic carbocycles. The predicted octanol–water partition coefficient (Wildman–Crippen LogP) is 0.810. The second kappa shape index (κ2) is 2.21. The Kier molecular flexibility index (Phi) is 1.15. The summed E-state index contributed by atoms with van der Waals surface area (Å²) in [4.78, 5) is 24.6. The molecule has 0 amide bonds. The first-order valence-electron chi connectivity index (χ1n) is 6.33. The third-order valence-corrected chi connectivity index (χ3v) is 5.92. The van der Waals surface area contributed by atoms with Crippen LogP contribution in [0.15, 0.2) is 12.2 Å². The second-order valence-electron chi connectivity index (χ2n) is 5.98. The first-order chi connectivity index (χ1) is 8.22. The number of hydrogen-bond donors (Lipinski definition) is 0. The highest BCUT2D eigenvalue weighted by Gasteiger charge is 2.88. The highest BCUT2D eigenvalue weighted by molar-refractivity contribution is 6.05. The number of rotatable bonds is 0. The molecule has 17 heavy (non-hydrogen) atoms. The molecule has 4 heteroatoms. The van der Waals surface area contributed by atoms with E-state index >= 15 is 0 Å². The van der Waals surface area contributed by atoms with Gasteiger partial charge in [-0.2, -0.15) is 0 Å². The third-order valence-electron chi connectivity index (χ3n) is 5.92. The molecule has 2 saturated heterocycles. The monoisotopic (exact) mass is 232 g/mol. The van der Waals surface area contributed by atoms with Gasteiger partial charge in [-0.15, -0.1) is 0 Å². The Labute approximate surface area is 97.9 Å². The van der Waals surface area contributed by atoms with Crippen molar-refractivity contribution in [2.24, 2.45) is 22.7 Å². The number of cyclic esters (lactones) is 2. The van der Waals surface area contributed by atoms with Gasteiger partial charge in [0, 0.05) is 0 Å². The summed E-state index contributed by atoms with van der Waals surface area (Å²) < 4.78 is 10.9. The molecule has 6 atom stereocenters. The molecule has 4 bridgehead atoms. The smallest absolute Gasteiger partial charge is 0.324 e. The molecule has 4 fully saturated rings. The molecular formula is C13H12O4. The van der Waals surface area contributed by atoms with Gasteiger partial charge in [-0.05, 0) is 31.1 Å². The minimum Gasteiger partial charge on any atom is -0.392 e. The number of esters is 2. The van der Waals surface area contributed by atoms with Gasteiger partial charge in [0.05, 0.1) is 12.2 Å². The number of ether oxygens (including phenoxy) is 2. The fraction of sp³-hybridized carbons (Fsp3) is 0.692. The zero-order chi connectivity index (χ0) is 11.4. The van der Waals surface area contributed by atoms with Gasteiger partial charge < -0.3 is 9.47 Å². The number of carbonyl (C=O) groups excluding carboxylic acids is 2. The summed E-state index contributed by atoms with van der Waals surface area (Å²) >= 11 is 0. The van der Waals surface area contributed by atoms with Gasteiger partial charge in [0.2, 0.25) is 0 Å². The van der Waals surface area contributed by atoms with Gasteiger partial charge in [0.25, 0.3) is 0 Å². The van der Waals surface area contributed by atoms with Crippen molar-refractivity contribution in [1.29, 1.82) is 0 Å². The second-order valence-corrected chi connectivity index (χ2v) is 5.98. The maximum atomic E-state index is 12.3. The van der Waals surface area contributed by atoms with Crippen LogP contribution in [0.2, 0.25) is 0 Å². The minimum atomic E-state index is -0.660. The molecular weight excluding hydrogens is 220 g/mol. The average molecular weight is 232 g/mol. The zero-order valence-electron chi connectivity index (χ0n) is 9.22. The Morgan fingerprint density at radius 2 is 1.53 bits per heavy atom. The summed E-state index contributed by atoms with van der Waals surface area (Å²) in [6.07, 6.45) is 6.56. The lowest BCUT2D eigenvalue weighted by Gasteiger charge is -2.41. The Balaban J connectivity index is 1.90. The Morgan fingerprint density at radius 1 is 1.00 bits per heavy atom. The van der Waals surface area contributed by atoms with E-state index < -0.39 is 10.8 Å². The van der Waals surface area contributed by atoms with Crippen molar-refractivity contribution in [3.05, 3.63) is 12.2 Å². The van der Waals surface area contributed by atoms with Crippen LogP contribution in [0, 0.1) is 22.7 Å². The van der Waals surface area contributed by atoms with Gasteiger partial charge in [-0.1, -0.05) is 12.2 Å². The summed E-state index contributed by atoms with van der Waals surface area (Å²) in [5, 5.41) is 0. The van der Waals surface area contributed by atoms with E-state index in [-0.39, 0.29) is 36.0 Å². The van der Waals surface area contributed by atoms with E-state index in [1.165, 1.54) is 0 Å². The predicted molar refractivity (Wildman–Crippen MR) is 54.6 cm³/mol. The van der Waals surface area contributed by atoms with Crippen molar-refractivity contribution in [2.75, 3.05) is 0 Å². The lowest BCUT2D eigenvalue weighted by molar-refractivity contribution is -0.161. The SMILES string of the molecule is O=C1OC(=O)C23C4CCC(C4)C12C1C=CC3O1. The minimum absolute atomic E-state index is 0.221. The van der Waals surface area contributed by atoms with Crippen LogP contribution in [0.5, 0.6) is 0 Å². The van der Waals surface area contributed by atoms with E-state index in [4.69, 9.17) is 9.47 Å². The molecule has 0 aromatic heterocycles. The fourth-order valence-electron chi connectivity index (χ4n) is 5.54.